The fraction of sp³-hybridized carbons (Fsp3) is 0.231. The Kier molecular flexibility index (Phi) is 4.04. The van der Waals surface area contributed by atoms with Gasteiger partial charge >= 0.3 is 0 Å². The Morgan fingerprint density at radius 1 is 1.29 bits per heavy atom. The van der Waals surface area contributed by atoms with Crippen molar-refractivity contribution in [3.05, 3.63) is 49.0 Å². The van der Waals surface area contributed by atoms with Crippen LogP contribution in [0.4, 0.5) is 10.1 Å². The van der Waals surface area contributed by atoms with Crippen molar-refractivity contribution in [3.8, 4) is 0 Å². The van der Waals surface area contributed by atoms with E-state index < -0.39 is 0 Å². The van der Waals surface area contributed by atoms with E-state index in [1.165, 1.54) is 27.5 Å². The molecule has 0 aliphatic carbocycles. The SMILES string of the molecule is Cc1cc(CNc2ccc(F)cc2I)c(C)s1. The van der Waals surface area contributed by atoms with Gasteiger partial charge in [0.25, 0.3) is 0 Å². The third-order valence-electron chi connectivity index (χ3n) is 2.54. The second-order valence-corrected chi connectivity index (χ2v) is 6.54. The van der Waals surface area contributed by atoms with E-state index in [-0.39, 0.29) is 5.82 Å². The molecule has 0 saturated heterocycles. The summed E-state index contributed by atoms with van der Waals surface area (Å²) in [7, 11) is 0. The number of aryl methyl sites for hydroxylation is 2. The Labute approximate surface area is 118 Å². The quantitative estimate of drug-likeness (QED) is 0.780. The van der Waals surface area contributed by atoms with Gasteiger partial charge in [-0.2, -0.15) is 0 Å². The van der Waals surface area contributed by atoms with Crippen LogP contribution in [0.5, 0.6) is 0 Å². The van der Waals surface area contributed by atoms with Gasteiger partial charge in [0.1, 0.15) is 5.82 Å². The van der Waals surface area contributed by atoms with Crippen LogP contribution >= 0.6 is 33.9 Å². The number of hydrogen-bond donors (Lipinski definition) is 1. The molecule has 0 aliphatic heterocycles. The standard InChI is InChI=1S/C13H13FINS/c1-8-5-10(9(2)17-8)7-16-13-4-3-11(14)6-12(13)15/h3-6,16H,7H2,1-2H3. The van der Waals surface area contributed by atoms with E-state index in [9.17, 15) is 4.39 Å². The van der Waals surface area contributed by atoms with Crippen LogP contribution in [0.25, 0.3) is 0 Å². The molecular weight excluding hydrogens is 348 g/mol. The summed E-state index contributed by atoms with van der Waals surface area (Å²) in [4.78, 5) is 2.67. The minimum atomic E-state index is -0.192. The van der Waals surface area contributed by atoms with Crippen LogP contribution in [-0.4, -0.2) is 0 Å². The van der Waals surface area contributed by atoms with Gasteiger partial charge in [-0.3, -0.25) is 0 Å². The summed E-state index contributed by atoms with van der Waals surface area (Å²) >= 11 is 3.95. The fourth-order valence-electron chi connectivity index (χ4n) is 1.68. The lowest BCUT2D eigenvalue weighted by Crippen LogP contribution is -2.01. The molecule has 0 saturated carbocycles. The van der Waals surface area contributed by atoms with Gasteiger partial charge in [-0.05, 0) is 66.3 Å². The largest absolute Gasteiger partial charge is 0.380 e. The molecule has 0 spiro atoms. The van der Waals surface area contributed by atoms with Crippen molar-refractivity contribution < 1.29 is 4.39 Å². The van der Waals surface area contributed by atoms with Gasteiger partial charge in [0.15, 0.2) is 0 Å². The number of anilines is 1. The molecule has 1 N–H and O–H groups in total. The van der Waals surface area contributed by atoms with Crippen LogP contribution in [-0.2, 0) is 6.54 Å². The molecule has 1 heterocycles. The maximum Gasteiger partial charge on any atom is 0.124 e. The zero-order valence-electron chi connectivity index (χ0n) is 9.68. The van der Waals surface area contributed by atoms with Crippen molar-refractivity contribution >= 4 is 39.6 Å². The Morgan fingerprint density at radius 3 is 2.65 bits per heavy atom. The highest BCUT2D eigenvalue weighted by atomic mass is 127. The molecule has 0 radical (unpaired) electrons. The molecule has 2 rings (SSSR count). The molecule has 1 nitrogen and oxygen atoms in total. The lowest BCUT2D eigenvalue weighted by molar-refractivity contribution is 0.627. The number of rotatable bonds is 3. The lowest BCUT2D eigenvalue weighted by atomic mass is 10.2. The first-order valence-electron chi connectivity index (χ1n) is 5.31. The van der Waals surface area contributed by atoms with Crippen LogP contribution in [0.3, 0.4) is 0 Å². The molecule has 0 unspecified atom stereocenters. The third-order valence-corrected chi connectivity index (χ3v) is 4.44. The van der Waals surface area contributed by atoms with Crippen molar-refractivity contribution in [2.45, 2.75) is 20.4 Å². The maximum atomic E-state index is 12.9. The fourth-order valence-corrected chi connectivity index (χ4v) is 3.30. The molecule has 0 aliphatic rings. The third kappa shape index (κ3) is 3.19. The van der Waals surface area contributed by atoms with E-state index in [1.54, 1.807) is 6.07 Å². The Bertz CT molecular complexity index is 536. The van der Waals surface area contributed by atoms with Gasteiger partial charge in [0.05, 0.1) is 0 Å². The van der Waals surface area contributed by atoms with Crippen LogP contribution < -0.4 is 5.32 Å². The molecule has 90 valence electrons. The molecule has 0 fully saturated rings. The Balaban J connectivity index is 2.10. The average molecular weight is 361 g/mol. The molecule has 0 atom stereocenters. The first-order valence-corrected chi connectivity index (χ1v) is 7.20. The summed E-state index contributed by atoms with van der Waals surface area (Å²) in [6.45, 7) is 5.03. The predicted molar refractivity (Wildman–Crippen MR) is 80.2 cm³/mol. The summed E-state index contributed by atoms with van der Waals surface area (Å²) in [6, 6.07) is 7.00. The molecule has 0 amide bonds. The molecule has 2 aromatic rings. The van der Waals surface area contributed by atoms with Gasteiger partial charge in [0, 0.05) is 25.6 Å². The first-order chi connectivity index (χ1) is 8.06. The Morgan fingerprint density at radius 2 is 2.06 bits per heavy atom. The maximum absolute atomic E-state index is 12.9. The highest BCUT2D eigenvalue weighted by Gasteiger charge is 2.04. The second-order valence-electron chi connectivity index (χ2n) is 3.92. The van der Waals surface area contributed by atoms with E-state index in [0.29, 0.717) is 0 Å². The number of halogens is 2. The van der Waals surface area contributed by atoms with Crippen LogP contribution in [0.2, 0.25) is 0 Å². The van der Waals surface area contributed by atoms with Gasteiger partial charge in [-0.1, -0.05) is 0 Å². The minimum absolute atomic E-state index is 0.192. The van der Waals surface area contributed by atoms with Gasteiger partial charge in [-0.15, -0.1) is 11.3 Å². The van der Waals surface area contributed by atoms with E-state index >= 15 is 0 Å². The van der Waals surface area contributed by atoms with Gasteiger partial charge in [-0.25, -0.2) is 4.39 Å². The topological polar surface area (TPSA) is 12.0 Å². The summed E-state index contributed by atoms with van der Waals surface area (Å²) in [5, 5.41) is 3.34. The summed E-state index contributed by atoms with van der Waals surface area (Å²) in [5.41, 5.74) is 2.29. The molecule has 0 bridgehead atoms. The number of thiophene rings is 1. The second kappa shape index (κ2) is 5.35. The summed E-state index contributed by atoms with van der Waals surface area (Å²) in [6.07, 6.45) is 0. The predicted octanol–water partition coefficient (Wildman–Crippen LogP) is 4.72. The van der Waals surface area contributed by atoms with E-state index in [4.69, 9.17) is 0 Å². The van der Waals surface area contributed by atoms with Crippen LogP contribution in [0, 0.1) is 23.2 Å². The van der Waals surface area contributed by atoms with Gasteiger partial charge < -0.3 is 5.32 Å². The number of hydrogen-bond acceptors (Lipinski definition) is 2. The smallest absolute Gasteiger partial charge is 0.124 e. The normalized spacial score (nSPS) is 10.6. The van der Waals surface area contributed by atoms with E-state index in [0.717, 1.165) is 15.8 Å². The minimum Gasteiger partial charge on any atom is -0.380 e. The van der Waals surface area contributed by atoms with Crippen molar-refractivity contribution in [1.82, 2.24) is 0 Å². The molecule has 1 aromatic heterocycles. The van der Waals surface area contributed by atoms with E-state index in [2.05, 4.69) is 47.8 Å². The zero-order valence-corrected chi connectivity index (χ0v) is 12.7. The highest BCUT2D eigenvalue weighted by molar-refractivity contribution is 14.1. The molecule has 4 heteroatoms. The molecular formula is C13H13FINS. The van der Waals surface area contributed by atoms with Crippen molar-refractivity contribution in [2.75, 3.05) is 5.32 Å². The van der Waals surface area contributed by atoms with Crippen LogP contribution in [0.1, 0.15) is 15.3 Å². The van der Waals surface area contributed by atoms with Crippen LogP contribution in [0.15, 0.2) is 24.3 Å². The van der Waals surface area contributed by atoms with Crippen molar-refractivity contribution in [3.63, 3.8) is 0 Å². The monoisotopic (exact) mass is 361 g/mol. The van der Waals surface area contributed by atoms with Crippen molar-refractivity contribution in [1.29, 1.82) is 0 Å². The lowest BCUT2D eigenvalue weighted by Gasteiger charge is -2.08. The van der Waals surface area contributed by atoms with Gasteiger partial charge in [0.2, 0.25) is 0 Å². The Hall–Kier alpha value is -0.620. The molecule has 17 heavy (non-hydrogen) atoms. The highest BCUT2D eigenvalue weighted by Crippen LogP contribution is 2.23. The van der Waals surface area contributed by atoms with Crippen molar-refractivity contribution in [2.24, 2.45) is 0 Å². The summed E-state index contributed by atoms with van der Waals surface area (Å²) in [5.74, 6) is -0.192. The number of benzene rings is 1. The average Bonchev–Trinajstić information content (AvgIpc) is 2.56. The van der Waals surface area contributed by atoms with E-state index in [1.807, 2.05) is 11.3 Å². The molecule has 1 aromatic carbocycles. The zero-order chi connectivity index (χ0) is 12.4. The number of nitrogens with one attached hydrogen (secondary N) is 1. The first kappa shape index (κ1) is 12.8. The summed E-state index contributed by atoms with van der Waals surface area (Å²) < 4.78 is 13.9.